The van der Waals surface area contributed by atoms with Crippen molar-refractivity contribution in [1.29, 1.82) is 0 Å². The molecule has 0 bridgehead atoms. The fourth-order valence-corrected chi connectivity index (χ4v) is 2.50. The average molecular weight is 280 g/mol. The van der Waals surface area contributed by atoms with Crippen molar-refractivity contribution in [2.24, 2.45) is 0 Å². The minimum Gasteiger partial charge on any atom is -0.370 e. The molecule has 1 aromatic heterocycles. The third-order valence-electron chi connectivity index (χ3n) is 3.27. The predicted molar refractivity (Wildman–Crippen MR) is 83.3 cm³/mol. The summed E-state index contributed by atoms with van der Waals surface area (Å²) < 4.78 is 0. The number of aromatic nitrogens is 2. The topological polar surface area (TPSA) is 41.0 Å². The standard InChI is InChI=1S/C14H24N4S/c1-4-6-9-18(11-7-8-11)13-10-12(15-5-2)16-14(17-13)19-3/h10-11H,4-9H2,1-3H3,(H,15,16,17). The van der Waals surface area contributed by atoms with Crippen LogP contribution < -0.4 is 10.2 Å². The van der Waals surface area contributed by atoms with E-state index in [1.165, 1.54) is 25.7 Å². The van der Waals surface area contributed by atoms with E-state index in [1.54, 1.807) is 11.8 Å². The van der Waals surface area contributed by atoms with Crippen LogP contribution in [0.1, 0.15) is 39.5 Å². The van der Waals surface area contributed by atoms with Crippen molar-refractivity contribution in [3.05, 3.63) is 6.07 Å². The minimum atomic E-state index is 0.700. The molecular weight excluding hydrogens is 256 g/mol. The number of rotatable bonds is 8. The van der Waals surface area contributed by atoms with Crippen LogP contribution in [0, 0.1) is 0 Å². The number of hydrogen-bond acceptors (Lipinski definition) is 5. The molecule has 5 heteroatoms. The lowest BCUT2D eigenvalue weighted by Gasteiger charge is -2.24. The second-order valence-corrected chi connectivity index (χ2v) is 5.68. The average Bonchev–Trinajstić information content (AvgIpc) is 3.24. The molecule has 19 heavy (non-hydrogen) atoms. The zero-order valence-corrected chi connectivity index (χ0v) is 13.0. The Labute approximate surface area is 120 Å². The maximum atomic E-state index is 4.69. The highest BCUT2D eigenvalue weighted by atomic mass is 32.2. The molecule has 0 saturated heterocycles. The highest BCUT2D eigenvalue weighted by Gasteiger charge is 2.30. The Bertz CT molecular complexity index is 406. The fraction of sp³-hybridized carbons (Fsp3) is 0.714. The Balaban J connectivity index is 2.21. The summed E-state index contributed by atoms with van der Waals surface area (Å²) in [6.07, 6.45) is 7.09. The second-order valence-electron chi connectivity index (χ2n) is 4.91. The van der Waals surface area contributed by atoms with Gasteiger partial charge in [-0.25, -0.2) is 9.97 Å². The van der Waals surface area contributed by atoms with E-state index in [0.717, 1.165) is 29.9 Å². The number of nitrogens with zero attached hydrogens (tertiary/aromatic N) is 3. The molecule has 0 aromatic carbocycles. The summed E-state index contributed by atoms with van der Waals surface area (Å²) in [5, 5.41) is 4.16. The van der Waals surface area contributed by atoms with E-state index < -0.39 is 0 Å². The van der Waals surface area contributed by atoms with Crippen LogP contribution in [0.25, 0.3) is 0 Å². The first-order valence-corrected chi connectivity index (χ1v) is 8.44. The van der Waals surface area contributed by atoms with Crippen LogP contribution in [-0.2, 0) is 0 Å². The molecule has 1 heterocycles. The van der Waals surface area contributed by atoms with Crippen molar-refractivity contribution in [2.45, 2.75) is 50.7 Å². The summed E-state index contributed by atoms with van der Waals surface area (Å²) in [4.78, 5) is 11.6. The summed E-state index contributed by atoms with van der Waals surface area (Å²) in [5.41, 5.74) is 0. The minimum absolute atomic E-state index is 0.700. The van der Waals surface area contributed by atoms with Crippen LogP contribution in [0.2, 0.25) is 0 Å². The molecule has 0 atom stereocenters. The third-order valence-corrected chi connectivity index (χ3v) is 3.81. The van der Waals surface area contributed by atoms with Crippen molar-refractivity contribution in [3.63, 3.8) is 0 Å². The van der Waals surface area contributed by atoms with Gasteiger partial charge in [0.15, 0.2) is 5.16 Å². The Morgan fingerprint density at radius 3 is 2.74 bits per heavy atom. The highest BCUT2D eigenvalue weighted by Crippen LogP contribution is 2.32. The number of thioether (sulfide) groups is 1. The van der Waals surface area contributed by atoms with Crippen LogP contribution in [0.5, 0.6) is 0 Å². The van der Waals surface area contributed by atoms with Gasteiger partial charge >= 0.3 is 0 Å². The van der Waals surface area contributed by atoms with E-state index in [1.807, 2.05) is 6.26 Å². The van der Waals surface area contributed by atoms with Gasteiger partial charge in [-0.1, -0.05) is 25.1 Å². The summed E-state index contributed by atoms with van der Waals surface area (Å²) in [6, 6.07) is 2.79. The van der Waals surface area contributed by atoms with Crippen LogP contribution in [0.3, 0.4) is 0 Å². The van der Waals surface area contributed by atoms with Crippen molar-refractivity contribution in [2.75, 3.05) is 29.6 Å². The molecule has 1 N–H and O–H groups in total. The Morgan fingerprint density at radius 2 is 2.16 bits per heavy atom. The van der Waals surface area contributed by atoms with Gasteiger partial charge in [-0.05, 0) is 32.4 Å². The van der Waals surface area contributed by atoms with Crippen LogP contribution >= 0.6 is 11.8 Å². The van der Waals surface area contributed by atoms with E-state index >= 15 is 0 Å². The molecule has 1 saturated carbocycles. The Morgan fingerprint density at radius 1 is 1.37 bits per heavy atom. The van der Waals surface area contributed by atoms with Gasteiger partial charge in [0, 0.05) is 25.2 Å². The van der Waals surface area contributed by atoms with Crippen LogP contribution in [-0.4, -0.2) is 35.4 Å². The molecule has 1 aromatic rings. The zero-order chi connectivity index (χ0) is 13.7. The summed E-state index contributed by atoms with van der Waals surface area (Å²) in [5.74, 6) is 2.03. The lowest BCUT2D eigenvalue weighted by Crippen LogP contribution is -2.28. The van der Waals surface area contributed by atoms with E-state index in [4.69, 9.17) is 0 Å². The summed E-state index contributed by atoms with van der Waals surface area (Å²) in [6.45, 7) is 6.33. The van der Waals surface area contributed by atoms with E-state index in [9.17, 15) is 0 Å². The van der Waals surface area contributed by atoms with Crippen LogP contribution in [0.15, 0.2) is 11.2 Å². The van der Waals surface area contributed by atoms with Gasteiger partial charge in [0.05, 0.1) is 0 Å². The first kappa shape index (κ1) is 14.4. The number of hydrogen-bond donors (Lipinski definition) is 1. The molecule has 0 aliphatic heterocycles. The van der Waals surface area contributed by atoms with E-state index in [2.05, 4.69) is 40.1 Å². The molecule has 0 amide bonds. The maximum absolute atomic E-state index is 4.69. The Hall–Kier alpha value is -0.970. The summed E-state index contributed by atoms with van der Waals surface area (Å²) >= 11 is 1.61. The Kier molecular flexibility index (Phi) is 5.31. The van der Waals surface area contributed by atoms with Crippen molar-refractivity contribution < 1.29 is 0 Å². The monoisotopic (exact) mass is 280 g/mol. The molecule has 1 aliphatic rings. The molecule has 0 spiro atoms. The lowest BCUT2D eigenvalue weighted by molar-refractivity contribution is 0.698. The molecule has 2 rings (SSSR count). The predicted octanol–water partition coefficient (Wildman–Crippen LogP) is 3.40. The molecule has 0 radical (unpaired) electrons. The first-order valence-electron chi connectivity index (χ1n) is 7.22. The largest absolute Gasteiger partial charge is 0.370 e. The van der Waals surface area contributed by atoms with Crippen molar-refractivity contribution in [1.82, 2.24) is 9.97 Å². The normalized spacial score (nSPS) is 14.5. The molecule has 1 fully saturated rings. The third kappa shape index (κ3) is 4.00. The molecule has 106 valence electrons. The highest BCUT2D eigenvalue weighted by molar-refractivity contribution is 7.98. The van der Waals surface area contributed by atoms with Gasteiger partial charge < -0.3 is 10.2 Å². The summed E-state index contributed by atoms with van der Waals surface area (Å²) in [7, 11) is 0. The lowest BCUT2D eigenvalue weighted by atomic mass is 10.3. The smallest absolute Gasteiger partial charge is 0.191 e. The quantitative estimate of drug-likeness (QED) is 0.584. The molecule has 4 nitrogen and oxygen atoms in total. The van der Waals surface area contributed by atoms with Gasteiger partial charge in [0.25, 0.3) is 0 Å². The second kappa shape index (κ2) is 6.98. The molecular formula is C14H24N4S. The van der Waals surface area contributed by atoms with Gasteiger partial charge in [0.2, 0.25) is 0 Å². The van der Waals surface area contributed by atoms with E-state index in [-0.39, 0.29) is 0 Å². The van der Waals surface area contributed by atoms with Gasteiger partial charge in [0.1, 0.15) is 11.6 Å². The fourth-order valence-electron chi connectivity index (χ4n) is 2.12. The van der Waals surface area contributed by atoms with E-state index in [0.29, 0.717) is 6.04 Å². The maximum Gasteiger partial charge on any atom is 0.191 e. The van der Waals surface area contributed by atoms with Crippen molar-refractivity contribution >= 4 is 23.4 Å². The van der Waals surface area contributed by atoms with Gasteiger partial charge in [-0.3, -0.25) is 0 Å². The zero-order valence-electron chi connectivity index (χ0n) is 12.1. The molecule has 1 aliphatic carbocycles. The number of nitrogens with one attached hydrogen (secondary N) is 1. The SMILES string of the molecule is CCCCN(c1cc(NCC)nc(SC)n1)C1CC1. The number of unbranched alkanes of at least 4 members (excludes halogenated alkanes) is 1. The first-order chi connectivity index (χ1) is 9.28. The molecule has 0 unspecified atom stereocenters. The van der Waals surface area contributed by atoms with Gasteiger partial charge in [-0.2, -0.15) is 0 Å². The van der Waals surface area contributed by atoms with Gasteiger partial charge in [-0.15, -0.1) is 0 Å². The number of anilines is 2. The van der Waals surface area contributed by atoms with Crippen molar-refractivity contribution in [3.8, 4) is 0 Å². The van der Waals surface area contributed by atoms with Crippen LogP contribution in [0.4, 0.5) is 11.6 Å².